The molecule has 1 aliphatic carbocycles. The normalized spacial score (nSPS) is 17.2. The fraction of sp³-hybridized carbons (Fsp3) is 0.333. The number of fused-ring (bicyclic) bond motifs is 1. The van der Waals surface area contributed by atoms with Crippen LogP contribution >= 0.6 is 0 Å². The van der Waals surface area contributed by atoms with Crippen LogP contribution in [-0.4, -0.2) is 23.3 Å². The van der Waals surface area contributed by atoms with Gasteiger partial charge in [0, 0.05) is 17.7 Å². The van der Waals surface area contributed by atoms with E-state index in [9.17, 15) is 9.59 Å². The highest BCUT2D eigenvalue weighted by Gasteiger charge is 2.32. The quantitative estimate of drug-likeness (QED) is 0.883. The van der Waals surface area contributed by atoms with E-state index in [0.717, 1.165) is 17.7 Å². The third kappa shape index (κ3) is 2.45. The predicted octanol–water partition coefficient (Wildman–Crippen LogP) is 3.41. The van der Waals surface area contributed by atoms with Gasteiger partial charge in [0.05, 0.1) is 6.61 Å². The molecular weight excluding hydrogens is 278 g/mol. The van der Waals surface area contributed by atoms with Crippen LogP contribution in [-0.2, 0) is 11.2 Å². The molecule has 0 aliphatic heterocycles. The number of aromatic nitrogens is 1. The number of hydrogen-bond acceptors (Lipinski definition) is 3. The summed E-state index contributed by atoms with van der Waals surface area (Å²) in [7, 11) is 0. The van der Waals surface area contributed by atoms with Crippen molar-refractivity contribution in [2.45, 2.75) is 32.6 Å². The van der Waals surface area contributed by atoms with Crippen LogP contribution in [0.3, 0.4) is 0 Å². The van der Waals surface area contributed by atoms with Crippen LogP contribution in [0.5, 0.6) is 0 Å². The fourth-order valence-electron chi connectivity index (χ4n) is 3.20. The minimum Gasteiger partial charge on any atom is -0.461 e. The monoisotopic (exact) mass is 297 g/mol. The molecule has 0 saturated heterocycles. The molecule has 114 valence electrons. The zero-order valence-electron chi connectivity index (χ0n) is 12.8. The molecule has 0 radical (unpaired) electrons. The Morgan fingerprint density at radius 1 is 1.27 bits per heavy atom. The number of Topliss-reactive ketones (excluding diaryl/α,β-unsaturated/α-hetero) is 1. The summed E-state index contributed by atoms with van der Waals surface area (Å²) in [6, 6.07) is 10.0. The SMILES string of the molecule is CCOC(=O)c1[nH]c2c(c1C)C(=O)C[C@H](c1ccccc1)C2. The Balaban J connectivity index is 1.95. The van der Waals surface area contributed by atoms with Gasteiger partial charge in [0.15, 0.2) is 5.78 Å². The smallest absolute Gasteiger partial charge is 0.355 e. The van der Waals surface area contributed by atoms with Crippen LogP contribution in [0.4, 0.5) is 0 Å². The molecule has 1 aliphatic rings. The molecule has 0 fully saturated rings. The van der Waals surface area contributed by atoms with Gasteiger partial charge >= 0.3 is 5.97 Å². The van der Waals surface area contributed by atoms with Crippen LogP contribution in [0.1, 0.15) is 56.9 Å². The van der Waals surface area contributed by atoms with Crippen molar-refractivity contribution in [2.24, 2.45) is 0 Å². The first-order valence-corrected chi connectivity index (χ1v) is 7.58. The summed E-state index contributed by atoms with van der Waals surface area (Å²) in [5, 5.41) is 0. The summed E-state index contributed by atoms with van der Waals surface area (Å²) in [4.78, 5) is 27.6. The largest absolute Gasteiger partial charge is 0.461 e. The Morgan fingerprint density at radius 3 is 2.68 bits per heavy atom. The molecule has 4 nitrogen and oxygen atoms in total. The maximum atomic E-state index is 12.5. The second-order valence-corrected chi connectivity index (χ2v) is 5.64. The van der Waals surface area contributed by atoms with Gasteiger partial charge in [0.25, 0.3) is 0 Å². The first-order chi connectivity index (χ1) is 10.6. The van der Waals surface area contributed by atoms with Crippen molar-refractivity contribution >= 4 is 11.8 Å². The molecule has 0 unspecified atom stereocenters. The lowest BCUT2D eigenvalue weighted by molar-refractivity contribution is 0.0519. The molecule has 0 bridgehead atoms. The van der Waals surface area contributed by atoms with E-state index >= 15 is 0 Å². The van der Waals surface area contributed by atoms with Crippen molar-refractivity contribution < 1.29 is 14.3 Å². The Labute approximate surface area is 129 Å². The second kappa shape index (κ2) is 5.79. The van der Waals surface area contributed by atoms with Gasteiger partial charge in [-0.05, 0) is 37.3 Å². The Hall–Kier alpha value is -2.36. The van der Waals surface area contributed by atoms with E-state index in [0.29, 0.717) is 29.8 Å². The molecular formula is C18H19NO3. The summed E-state index contributed by atoms with van der Waals surface area (Å²) in [6.07, 6.45) is 1.23. The highest BCUT2D eigenvalue weighted by Crippen LogP contribution is 2.35. The van der Waals surface area contributed by atoms with Gasteiger partial charge in [0.1, 0.15) is 5.69 Å². The molecule has 0 amide bonds. The molecule has 1 atom stereocenters. The number of nitrogens with one attached hydrogen (secondary N) is 1. The number of rotatable bonds is 3. The summed E-state index contributed by atoms with van der Waals surface area (Å²) >= 11 is 0. The average molecular weight is 297 g/mol. The molecule has 0 spiro atoms. The van der Waals surface area contributed by atoms with E-state index in [1.165, 1.54) is 0 Å². The third-order valence-corrected chi connectivity index (χ3v) is 4.24. The predicted molar refractivity (Wildman–Crippen MR) is 83.3 cm³/mol. The van der Waals surface area contributed by atoms with E-state index in [1.807, 2.05) is 37.3 Å². The van der Waals surface area contributed by atoms with E-state index in [1.54, 1.807) is 6.92 Å². The lowest BCUT2D eigenvalue weighted by atomic mass is 9.81. The van der Waals surface area contributed by atoms with Gasteiger partial charge in [-0.3, -0.25) is 4.79 Å². The van der Waals surface area contributed by atoms with Gasteiger partial charge in [-0.2, -0.15) is 0 Å². The minimum absolute atomic E-state index is 0.0967. The van der Waals surface area contributed by atoms with Crippen molar-refractivity contribution in [3.05, 3.63) is 58.4 Å². The first kappa shape index (κ1) is 14.6. The molecule has 1 N–H and O–H groups in total. The van der Waals surface area contributed by atoms with Crippen molar-refractivity contribution in [3.63, 3.8) is 0 Å². The summed E-state index contributed by atoms with van der Waals surface area (Å²) in [5.74, 6) is -0.132. The van der Waals surface area contributed by atoms with Crippen LogP contribution in [0, 0.1) is 6.92 Å². The zero-order chi connectivity index (χ0) is 15.7. The summed E-state index contributed by atoms with van der Waals surface area (Å²) in [5.41, 5.74) is 3.81. The van der Waals surface area contributed by atoms with Gasteiger partial charge in [-0.15, -0.1) is 0 Å². The maximum Gasteiger partial charge on any atom is 0.355 e. The third-order valence-electron chi connectivity index (χ3n) is 4.24. The number of benzene rings is 1. The number of carbonyl (C=O) groups excluding carboxylic acids is 2. The Morgan fingerprint density at radius 2 is 2.00 bits per heavy atom. The van der Waals surface area contributed by atoms with Crippen molar-refractivity contribution in [3.8, 4) is 0 Å². The molecule has 1 heterocycles. The standard InChI is InChI=1S/C18H19NO3/c1-3-22-18(21)17-11(2)16-14(19-17)9-13(10-15(16)20)12-7-5-4-6-8-12/h4-8,13,19H,3,9-10H2,1-2H3/t13-/m1/s1. The van der Waals surface area contributed by atoms with Crippen LogP contribution in [0.25, 0.3) is 0 Å². The number of hydrogen-bond donors (Lipinski definition) is 1. The summed E-state index contributed by atoms with van der Waals surface area (Å²) < 4.78 is 5.05. The van der Waals surface area contributed by atoms with Crippen molar-refractivity contribution in [1.29, 1.82) is 0 Å². The van der Waals surface area contributed by atoms with Crippen LogP contribution < -0.4 is 0 Å². The molecule has 22 heavy (non-hydrogen) atoms. The molecule has 0 saturated carbocycles. The lowest BCUT2D eigenvalue weighted by Gasteiger charge is -2.22. The Bertz CT molecular complexity index is 715. The topological polar surface area (TPSA) is 59.2 Å². The zero-order valence-corrected chi connectivity index (χ0v) is 12.8. The Kier molecular flexibility index (Phi) is 3.84. The molecule has 2 aromatic rings. The van der Waals surface area contributed by atoms with Gasteiger partial charge in [0.2, 0.25) is 0 Å². The van der Waals surface area contributed by atoms with Gasteiger partial charge in [-0.25, -0.2) is 4.79 Å². The van der Waals surface area contributed by atoms with Gasteiger partial charge in [-0.1, -0.05) is 30.3 Å². The molecule has 3 rings (SSSR count). The first-order valence-electron chi connectivity index (χ1n) is 7.58. The van der Waals surface area contributed by atoms with E-state index in [4.69, 9.17) is 4.74 Å². The fourth-order valence-corrected chi connectivity index (χ4v) is 3.20. The molecule has 4 heteroatoms. The van der Waals surface area contributed by atoms with Crippen molar-refractivity contribution in [2.75, 3.05) is 6.61 Å². The maximum absolute atomic E-state index is 12.5. The number of esters is 1. The highest BCUT2D eigenvalue weighted by atomic mass is 16.5. The van der Waals surface area contributed by atoms with Crippen molar-refractivity contribution in [1.82, 2.24) is 4.98 Å². The highest BCUT2D eigenvalue weighted by molar-refractivity contribution is 6.03. The number of carbonyl (C=O) groups is 2. The number of ketones is 1. The lowest BCUT2D eigenvalue weighted by Crippen LogP contribution is -2.18. The minimum atomic E-state index is -0.390. The van der Waals surface area contributed by atoms with Crippen LogP contribution in [0.15, 0.2) is 30.3 Å². The number of H-pyrrole nitrogens is 1. The number of aromatic amines is 1. The summed E-state index contributed by atoms with van der Waals surface area (Å²) in [6.45, 7) is 3.90. The van der Waals surface area contributed by atoms with E-state index < -0.39 is 5.97 Å². The van der Waals surface area contributed by atoms with Gasteiger partial charge < -0.3 is 9.72 Å². The number of ether oxygens (including phenoxy) is 1. The average Bonchev–Trinajstić information content (AvgIpc) is 2.86. The van der Waals surface area contributed by atoms with Crippen LogP contribution in [0.2, 0.25) is 0 Å². The second-order valence-electron chi connectivity index (χ2n) is 5.64. The van der Waals surface area contributed by atoms with E-state index in [2.05, 4.69) is 4.98 Å². The molecule has 1 aromatic carbocycles. The molecule has 1 aromatic heterocycles. The van der Waals surface area contributed by atoms with E-state index in [-0.39, 0.29) is 11.7 Å².